The molecule has 0 aliphatic rings. The molecule has 0 aliphatic heterocycles. The molecule has 127 valence electrons. The molecule has 1 radical (unpaired) electrons. The fourth-order valence-corrected chi connectivity index (χ4v) is 3.96. The third kappa shape index (κ3) is 3.36. The van der Waals surface area contributed by atoms with Crippen LogP contribution in [0.4, 0.5) is 8.78 Å². The van der Waals surface area contributed by atoms with Gasteiger partial charge in [0.1, 0.15) is 0 Å². The lowest BCUT2D eigenvalue weighted by molar-refractivity contribution is 0.509. The molecule has 0 fully saturated rings. The van der Waals surface area contributed by atoms with E-state index in [1.165, 1.54) is 54.8 Å². The molecule has 3 aromatic rings. The number of benzene rings is 1. The minimum absolute atomic E-state index is 0.184. The van der Waals surface area contributed by atoms with Gasteiger partial charge >= 0.3 is 0 Å². The summed E-state index contributed by atoms with van der Waals surface area (Å²) in [5.41, 5.74) is 1.84. The first-order chi connectivity index (χ1) is 11.6. The van der Waals surface area contributed by atoms with Crippen molar-refractivity contribution in [2.24, 2.45) is 0 Å². The van der Waals surface area contributed by atoms with Gasteiger partial charge in [-0.25, -0.2) is 13.8 Å². The number of halogens is 2. The van der Waals surface area contributed by atoms with Crippen LogP contribution >= 0.6 is 11.3 Å². The molecular weight excluding hydrogens is 326 g/mol. The predicted octanol–water partition coefficient (Wildman–Crippen LogP) is 6.22. The highest BCUT2D eigenvalue weighted by atomic mass is 32.1. The van der Waals surface area contributed by atoms with Gasteiger partial charge < -0.3 is 0 Å². The molecule has 2 aromatic heterocycles. The summed E-state index contributed by atoms with van der Waals surface area (Å²) in [6, 6.07) is 5.13. The molecule has 1 atom stereocenters. The van der Waals surface area contributed by atoms with Crippen LogP contribution < -0.4 is 0 Å². The highest BCUT2D eigenvalue weighted by Gasteiger charge is 2.17. The molecular formula is C19H21F2N2S. The molecule has 0 saturated carbocycles. The molecule has 0 spiro atoms. The third-order valence-corrected chi connectivity index (χ3v) is 5.26. The lowest BCUT2D eigenvalue weighted by Gasteiger charge is -2.10. The molecule has 0 saturated heterocycles. The van der Waals surface area contributed by atoms with Crippen LogP contribution in [0.5, 0.6) is 0 Å². The topological polar surface area (TPSA) is 17.3 Å². The summed E-state index contributed by atoms with van der Waals surface area (Å²) in [6.07, 6.45) is 7.91. The Kier molecular flexibility index (Phi) is 5.29. The van der Waals surface area contributed by atoms with E-state index in [9.17, 15) is 8.78 Å². The van der Waals surface area contributed by atoms with Gasteiger partial charge in [0, 0.05) is 28.9 Å². The van der Waals surface area contributed by atoms with E-state index in [1.54, 1.807) is 0 Å². The number of imidazole rings is 1. The van der Waals surface area contributed by atoms with Crippen LogP contribution in [0.1, 0.15) is 57.6 Å². The summed E-state index contributed by atoms with van der Waals surface area (Å²) < 4.78 is 29.4. The van der Waals surface area contributed by atoms with E-state index in [-0.39, 0.29) is 5.56 Å². The van der Waals surface area contributed by atoms with Crippen LogP contribution in [0.3, 0.4) is 0 Å². The maximum Gasteiger partial charge on any atom is 0.194 e. The minimum Gasteiger partial charge on any atom is -0.294 e. The first-order valence-electron chi connectivity index (χ1n) is 8.44. The molecule has 2 nitrogen and oxygen atoms in total. The predicted molar refractivity (Wildman–Crippen MR) is 94.4 cm³/mol. The zero-order chi connectivity index (χ0) is 17.1. The van der Waals surface area contributed by atoms with Gasteiger partial charge in [0.05, 0.1) is 5.69 Å². The molecule has 1 aromatic carbocycles. The minimum atomic E-state index is -0.964. The lowest BCUT2D eigenvalue weighted by atomic mass is 10.00. The number of unbranched alkanes of at least 4 members (excludes halogenated alkanes) is 3. The summed E-state index contributed by atoms with van der Waals surface area (Å²) in [6.45, 7) is 4.42. The maximum absolute atomic E-state index is 14.0. The van der Waals surface area contributed by atoms with Gasteiger partial charge in [0.2, 0.25) is 0 Å². The quantitative estimate of drug-likeness (QED) is 0.464. The first kappa shape index (κ1) is 17.1. The van der Waals surface area contributed by atoms with Gasteiger partial charge in [0.25, 0.3) is 0 Å². The summed E-state index contributed by atoms with van der Waals surface area (Å²) in [7, 11) is 0. The van der Waals surface area contributed by atoms with Crippen LogP contribution in [0.25, 0.3) is 16.2 Å². The Bertz CT molecular complexity index is 822. The Morgan fingerprint density at radius 1 is 1.29 bits per heavy atom. The van der Waals surface area contributed by atoms with Crippen LogP contribution in [0.2, 0.25) is 0 Å². The number of fused-ring (bicyclic) bond motifs is 1. The fourth-order valence-electron chi connectivity index (χ4n) is 2.96. The summed E-state index contributed by atoms with van der Waals surface area (Å²) in [5.74, 6) is -1.44. The third-order valence-electron chi connectivity index (χ3n) is 4.40. The summed E-state index contributed by atoms with van der Waals surface area (Å²) in [4.78, 5) is 5.27. The highest BCUT2D eigenvalue weighted by Crippen LogP contribution is 2.30. The second-order valence-electron chi connectivity index (χ2n) is 6.21. The second-order valence-corrected chi connectivity index (χ2v) is 7.05. The van der Waals surface area contributed by atoms with Gasteiger partial charge in [-0.05, 0) is 18.4 Å². The molecule has 3 rings (SSSR count). The number of nitrogens with zero attached hydrogens (tertiary/aromatic N) is 2. The van der Waals surface area contributed by atoms with Gasteiger partial charge in [-0.3, -0.25) is 4.40 Å². The Labute approximate surface area is 145 Å². The van der Waals surface area contributed by atoms with Crippen molar-refractivity contribution in [1.82, 2.24) is 9.38 Å². The normalized spacial score (nSPS) is 12.8. The van der Waals surface area contributed by atoms with E-state index < -0.39 is 11.6 Å². The average molecular weight is 347 g/mol. The van der Waals surface area contributed by atoms with Crippen LogP contribution in [-0.2, 0) is 0 Å². The summed E-state index contributed by atoms with van der Waals surface area (Å²) >= 11 is 1.54. The van der Waals surface area contributed by atoms with Crippen molar-refractivity contribution in [1.29, 1.82) is 0 Å². The van der Waals surface area contributed by atoms with E-state index >= 15 is 0 Å². The summed E-state index contributed by atoms with van der Waals surface area (Å²) in [5, 5.41) is 2.12. The Morgan fingerprint density at radius 3 is 2.92 bits per heavy atom. The van der Waals surface area contributed by atoms with Crippen LogP contribution in [-0.4, -0.2) is 9.38 Å². The van der Waals surface area contributed by atoms with E-state index in [2.05, 4.69) is 30.3 Å². The molecule has 1 unspecified atom stereocenters. The number of hydrogen-bond donors (Lipinski definition) is 0. The molecule has 5 heteroatoms. The number of rotatable bonds is 7. The zero-order valence-corrected chi connectivity index (χ0v) is 14.8. The van der Waals surface area contributed by atoms with Crippen molar-refractivity contribution in [3.05, 3.63) is 47.1 Å². The SMILES string of the molecule is CCCCCCC(C)c1csc2nc(-c3cc[c]c(F)c3F)cn12. The van der Waals surface area contributed by atoms with E-state index in [0.717, 1.165) is 11.4 Å². The van der Waals surface area contributed by atoms with Gasteiger partial charge in [-0.2, -0.15) is 0 Å². The van der Waals surface area contributed by atoms with Crippen molar-refractivity contribution in [3.8, 4) is 11.3 Å². The fraction of sp³-hybridized carbons (Fsp3) is 0.421. The van der Waals surface area contributed by atoms with E-state index in [1.807, 2.05) is 10.6 Å². The zero-order valence-electron chi connectivity index (χ0n) is 14.0. The molecule has 0 aliphatic carbocycles. The Balaban J connectivity index is 1.85. The van der Waals surface area contributed by atoms with Gasteiger partial charge in [0.15, 0.2) is 16.6 Å². The van der Waals surface area contributed by atoms with Crippen molar-refractivity contribution in [3.63, 3.8) is 0 Å². The smallest absolute Gasteiger partial charge is 0.194 e. The van der Waals surface area contributed by atoms with Crippen molar-refractivity contribution in [2.75, 3.05) is 0 Å². The van der Waals surface area contributed by atoms with Crippen molar-refractivity contribution in [2.45, 2.75) is 51.9 Å². The van der Waals surface area contributed by atoms with Crippen molar-refractivity contribution >= 4 is 16.3 Å². The van der Waals surface area contributed by atoms with E-state index in [4.69, 9.17) is 0 Å². The number of aromatic nitrogens is 2. The first-order valence-corrected chi connectivity index (χ1v) is 9.32. The lowest BCUT2D eigenvalue weighted by Crippen LogP contribution is -1.97. The molecule has 0 bridgehead atoms. The Morgan fingerprint density at radius 2 is 2.12 bits per heavy atom. The average Bonchev–Trinajstić information content (AvgIpc) is 3.14. The van der Waals surface area contributed by atoms with Crippen LogP contribution in [0.15, 0.2) is 23.7 Å². The highest BCUT2D eigenvalue weighted by molar-refractivity contribution is 7.15. The Hall–Kier alpha value is -1.75. The molecule has 0 amide bonds. The van der Waals surface area contributed by atoms with Gasteiger partial charge in [-0.15, -0.1) is 11.3 Å². The number of thiazole rings is 1. The van der Waals surface area contributed by atoms with Gasteiger partial charge in [-0.1, -0.05) is 45.6 Å². The number of hydrogen-bond acceptors (Lipinski definition) is 2. The molecule has 0 N–H and O–H groups in total. The van der Waals surface area contributed by atoms with Crippen molar-refractivity contribution < 1.29 is 8.78 Å². The standard InChI is InChI=1S/C19H21F2N2S/c1-3-4-5-6-8-13(2)17-12-24-19-22-16(11-23(17)19)14-9-7-10-15(20)18(14)21/h7,9,11-13H,3-6,8H2,1-2H3. The molecule has 24 heavy (non-hydrogen) atoms. The van der Waals surface area contributed by atoms with E-state index in [0.29, 0.717) is 11.6 Å². The maximum atomic E-state index is 14.0. The largest absolute Gasteiger partial charge is 0.294 e. The molecule has 2 heterocycles. The van der Waals surface area contributed by atoms with Crippen LogP contribution in [0, 0.1) is 17.7 Å². The second kappa shape index (κ2) is 7.43. The monoisotopic (exact) mass is 347 g/mol.